The smallest absolute Gasteiger partial charge is 0.209 e. The average molecular weight is 342 g/mol. The van der Waals surface area contributed by atoms with Crippen molar-refractivity contribution in [1.82, 2.24) is 19.4 Å². The van der Waals surface area contributed by atoms with E-state index in [2.05, 4.69) is 14.7 Å². The third kappa shape index (κ3) is 4.12. The van der Waals surface area contributed by atoms with Crippen LogP contribution in [0.4, 0.5) is 0 Å². The standard InChI is InChI=1S/C15H26N4O3S/c1-18-10-13(9-16-18)11-19-6-3-15(4-7-19)5-8-22-12-14(15)17-23(2,20)21/h9-10,14,17H,3-8,11-12H2,1-2H3. The van der Waals surface area contributed by atoms with Gasteiger partial charge in [0.15, 0.2) is 0 Å². The second-order valence-electron chi connectivity index (χ2n) is 6.93. The Labute approximate surface area is 138 Å². The Bertz CT molecular complexity index is 635. The van der Waals surface area contributed by atoms with Crippen LogP contribution in [0.5, 0.6) is 0 Å². The summed E-state index contributed by atoms with van der Waals surface area (Å²) < 4.78 is 33.4. The molecule has 3 rings (SSSR count). The fourth-order valence-corrected chi connectivity index (χ4v) is 4.65. The highest BCUT2D eigenvalue weighted by atomic mass is 32.2. The van der Waals surface area contributed by atoms with Crippen LogP contribution in [-0.4, -0.2) is 61.7 Å². The van der Waals surface area contributed by atoms with Crippen molar-refractivity contribution in [3.05, 3.63) is 18.0 Å². The van der Waals surface area contributed by atoms with E-state index in [0.29, 0.717) is 6.61 Å². The molecule has 3 heterocycles. The lowest BCUT2D eigenvalue weighted by atomic mass is 9.69. The summed E-state index contributed by atoms with van der Waals surface area (Å²) in [6.45, 7) is 4.08. The summed E-state index contributed by atoms with van der Waals surface area (Å²) in [7, 11) is -1.28. The maximum absolute atomic E-state index is 11.6. The Hall–Kier alpha value is -0.960. The molecule has 1 unspecified atom stereocenters. The third-order valence-corrected chi connectivity index (χ3v) is 5.85. The molecule has 1 N–H and O–H groups in total. The van der Waals surface area contributed by atoms with Gasteiger partial charge in [0.2, 0.25) is 10.0 Å². The van der Waals surface area contributed by atoms with Crippen LogP contribution >= 0.6 is 0 Å². The van der Waals surface area contributed by atoms with Gasteiger partial charge in [-0.1, -0.05) is 0 Å². The molecule has 23 heavy (non-hydrogen) atoms. The van der Waals surface area contributed by atoms with Crippen molar-refractivity contribution in [2.75, 3.05) is 32.6 Å². The van der Waals surface area contributed by atoms with Crippen LogP contribution < -0.4 is 4.72 Å². The van der Waals surface area contributed by atoms with Crippen LogP contribution in [0, 0.1) is 5.41 Å². The van der Waals surface area contributed by atoms with E-state index in [1.807, 2.05) is 24.1 Å². The van der Waals surface area contributed by atoms with E-state index >= 15 is 0 Å². The van der Waals surface area contributed by atoms with Crippen LogP contribution in [-0.2, 0) is 28.4 Å². The molecule has 1 aromatic rings. The molecule has 0 aliphatic carbocycles. The first-order chi connectivity index (χ1) is 10.9. The maximum Gasteiger partial charge on any atom is 0.209 e. The highest BCUT2D eigenvalue weighted by Crippen LogP contribution is 2.41. The number of ether oxygens (including phenoxy) is 1. The zero-order chi connectivity index (χ0) is 16.5. The largest absolute Gasteiger partial charge is 0.380 e. The fraction of sp³-hybridized carbons (Fsp3) is 0.800. The third-order valence-electron chi connectivity index (χ3n) is 5.14. The van der Waals surface area contributed by atoms with Gasteiger partial charge < -0.3 is 4.74 Å². The fourth-order valence-electron chi connectivity index (χ4n) is 3.81. The van der Waals surface area contributed by atoms with Crippen molar-refractivity contribution in [3.63, 3.8) is 0 Å². The first-order valence-electron chi connectivity index (χ1n) is 8.11. The van der Waals surface area contributed by atoms with Crippen LogP contribution in [0.3, 0.4) is 0 Å². The molecule has 130 valence electrons. The molecule has 0 bridgehead atoms. The molecule has 0 saturated carbocycles. The summed E-state index contributed by atoms with van der Waals surface area (Å²) in [5.74, 6) is 0. The number of piperidine rings is 1. The normalized spacial score (nSPS) is 25.7. The van der Waals surface area contributed by atoms with Gasteiger partial charge in [0.1, 0.15) is 0 Å². The second kappa shape index (κ2) is 6.51. The van der Waals surface area contributed by atoms with Gasteiger partial charge in [0.25, 0.3) is 0 Å². The van der Waals surface area contributed by atoms with E-state index in [9.17, 15) is 8.42 Å². The Morgan fingerprint density at radius 1 is 1.39 bits per heavy atom. The number of aromatic nitrogens is 2. The van der Waals surface area contributed by atoms with Crippen LogP contribution in [0.25, 0.3) is 0 Å². The molecule has 2 aliphatic heterocycles. The zero-order valence-electron chi connectivity index (χ0n) is 13.9. The second-order valence-corrected chi connectivity index (χ2v) is 8.71. The minimum Gasteiger partial charge on any atom is -0.380 e. The Morgan fingerprint density at radius 3 is 2.74 bits per heavy atom. The predicted molar refractivity (Wildman–Crippen MR) is 87.4 cm³/mol. The van der Waals surface area contributed by atoms with E-state index in [1.54, 1.807) is 0 Å². The number of hydrogen-bond donors (Lipinski definition) is 1. The lowest BCUT2D eigenvalue weighted by molar-refractivity contribution is -0.0445. The molecule has 7 nitrogen and oxygen atoms in total. The van der Waals surface area contributed by atoms with Gasteiger partial charge in [0.05, 0.1) is 25.1 Å². The molecule has 8 heteroatoms. The number of hydrogen-bond acceptors (Lipinski definition) is 5. The van der Waals surface area contributed by atoms with Crippen LogP contribution in [0.15, 0.2) is 12.4 Å². The van der Waals surface area contributed by atoms with Crippen LogP contribution in [0.1, 0.15) is 24.8 Å². The molecule has 0 radical (unpaired) electrons. The minimum absolute atomic E-state index is 0.0345. The maximum atomic E-state index is 11.6. The van der Waals surface area contributed by atoms with Crippen molar-refractivity contribution in [2.45, 2.75) is 31.8 Å². The summed E-state index contributed by atoms with van der Waals surface area (Å²) in [4.78, 5) is 2.43. The topological polar surface area (TPSA) is 76.5 Å². The number of likely N-dealkylation sites (tertiary alicyclic amines) is 1. The quantitative estimate of drug-likeness (QED) is 0.854. The molecule has 1 spiro atoms. The van der Waals surface area contributed by atoms with Gasteiger partial charge in [-0.2, -0.15) is 5.10 Å². The molecule has 2 fully saturated rings. The van der Waals surface area contributed by atoms with E-state index in [4.69, 9.17) is 4.74 Å². The molecular formula is C15H26N4O3S. The van der Waals surface area contributed by atoms with E-state index in [0.717, 1.165) is 45.5 Å². The van der Waals surface area contributed by atoms with Crippen molar-refractivity contribution in [2.24, 2.45) is 12.5 Å². The van der Waals surface area contributed by atoms with Gasteiger partial charge in [0, 0.05) is 32.0 Å². The minimum atomic E-state index is -3.21. The van der Waals surface area contributed by atoms with Crippen molar-refractivity contribution >= 4 is 10.0 Å². The van der Waals surface area contributed by atoms with Gasteiger partial charge >= 0.3 is 0 Å². The van der Waals surface area contributed by atoms with Crippen molar-refractivity contribution < 1.29 is 13.2 Å². The summed E-state index contributed by atoms with van der Waals surface area (Å²) in [6.07, 6.45) is 8.13. The number of aryl methyl sites for hydroxylation is 1. The molecular weight excluding hydrogens is 316 g/mol. The predicted octanol–water partition coefficient (Wildman–Crippen LogP) is 0.340. The van der Waals surface area contributed by atoms with E-state index in [-0.39, 0.29) is 11.5 Å². The monoisotopic (exact) mass is 342 g/mol. The van der Waals surface area contributed by atoms with Crippen LogP contribution in [0.2, 0.25) is 0 Å². The zero-order valence-corrected chi connectivity index (χ0v) is 14.7. The number of rotatable bonds is 4. The van der Waals surface area contributed by atoms with Gasteiger partial charge in [-0.25, -0.2) is 13.1 Å². The van der Waals surface area contributed by atoms with Crippen molar-refractivity contribution in [3.8, 4) is 0 Å². The molecule has 2 saturated heterocycles. The number of sulfonamides is 1. The first kappa shape index (κ1) is 16.9. The highest BCUT2D eigenvalue weighted by molar-refractivity contribution is 7.88. The summed E-state index contributed by atoms with van der Waals surface area (Å²) in [5, 5.41) is 4.21. The van der Waals surface area contributed by atoms with E-state index < -0.39 is 10.0 Å². The molecule has 0 aromatic carbocycles. The average Bonchev–Trinajstić information content (AvgIpc) is 2.88. The summed E-state index contributed by atoms with van der Waals surface area (Å²) in [5.41, 5.74) is 1.26. The highest BCUT2D eigenvalue weighted by Gasteiger charge is 2.44. The Balaban J connectivity index is 1.63. The van der Waals surface area contributed by atoms with Gasteiger partial charge in [-0.05, 0) is 37.8 Å². The number of nitrogens with one attached hydrogen (secondary N) is 1. The van der Waals surface area contributed by atoms with Crippen molar-refractivity contribution in [1.29, 1.82) is 0 Å². The molecule has 1 atom stereocenters. The van der Waals surface area contributed by atoms with Gasteiger partial charge in [-0.15, -0.1) is 0 Å². The number of nitrogens with zero attached hydrogens (tertiary/aromatic N) is 3. The molecule has 2 aliphatic rings. The summed E-state index contributed by atoms with van der Waals surface area (Å²) in [6, 6.07) is -0.105. The lowest BCUT2D eigenvalue weighted by Gasteiger charge is -2.48. The Morgan fingerprint density at radius 2 is 2.13 bits per heavy atom. The summed E-state index contributed by atoms with van der Waals surface area (Å²) >= 11 is 0. The lowest BCUT2D eigenvalue weighted by Crippen LogP contribution is -2.57. The molecule has 1 aromatic heterocycles. The molecule has 0 amide bonds. The van der Waals surface area contributed by atoms with E-state index in [1.165, 1.54) is 11.8 Å². The SMILES string of the molecule is Cn1cc(CN2CCC3(CCOCC3NS(C)(=O)=O)CC2)cn1. The Kier molecular flexibility index (Phi) is 4.78. The first-order valence-corrected chi connectivity index (χ1v) is 10.0. The van der Waals surface area contributed by atoms with Gasteiger partial charge in [-0.3, -0.25) is 9.58 Å².